The molecule has 4 aromatic rings. The minimum absolute atomic E-state index is 0.0205. The molecule has 2 aromatic carbocycles. The molecule has 164 valence electrons. The largest absolute Gasteiger partial charge is 0.486 e. The van der Waals surface area contributed by atoms with Crippen LogP contribution in [0.4, 0.5) is 13.9 Å². The van der Waals surface area contributed by atoms with Gasteiger partial charge in [-0.25, -0.2) is 4.98 Å². The molecule has 0 saturated heterocycles. The van der Waals surface area contributed by atoms with Crippen molar-refractivity contribution in [3.8, 4) is 23.0 Å². The molecule has 0 unspecified atom stereocenters. The summed E-state index contributed by atoms with van der Waals surface area (Å²) in [7, 11) is 0. The van der Waals surface area contributed by atoms with Crippen LogP contribution in [0.25, 0.3) is 10.2 Å². The van der Waals surface area contributed by atoms with Gasteiger partial charge >= 0.3 is 6.61 Å². The van der Waals surface area contributed by atoms with Gasteiger partial charge in [0.15, 0.2) is 22.4 Å². The van der Waals surface area contributed by atoms with E-state index in [0.717, 1.165) is 11.3 Å². The molecule has 0 saturated carbocycles. The van der Waals surface area contributed by atoms with Gasteiger partial charge in [0.25, 0.3) is 5.91 Å². The Morgan fingerprint density at radius 3 is 2.81 bits per heavy atom. The van der Waals surface area contributed by atoms with Crippen LogP contribution < -0.4 is 24.3 Å². The number of hydrogen-bond acceptors (Lipinski definition) is 8. The number of rotatable bonds is 7. The predicted octanol–water partition coefficient (Wildman–Crippen LogP) is 5.05. The first kappa shape index (κ1) is 20.1. The number of hydrogen-bond donors (Lipinski definition) is 1. The first-order valence-electron chi connectivity index (χ1n) is 9.31. The van der Waals surface area contributed by atoms with Crippen LogP contribution in [-0.2, 0) is 6.61 Å². The first-order valence-corrected chi connectivity index (χ1v) is 10.1. The number of alkyl halides is 2. The maximum atomic E-state index is 12.5. The van der Waals surface area contributed by atoms with Crippen LogP contribution in [0.5, 0.6) is 23.0 Å². The van der Waals surface area contributed by atoms with Gasteiger partial charge in [0.1, 0.15) is 23.9 Å². The number of carbonyl (C=O) groups excluding carboxylic acids is 1. The molecular formula is C21H14F2N2O6S. The number of fused-ring (bicyclic) bond motifs is 2. The summed E-state index contributed by atoms with van der Waals surface area (Å²) in [6.07, 6.45) is 0. The van der Waals surface area contributed by atoms with E-state index in [-0.39, 0.29) is 24.9 Å². The van der Waals surface area contributed by atoms with E-state index in [0.29, 0.717) is 38.4 Å². The van der Waals surface area contributed by atoms with E-state index in [1.54, 1.807) is 24.3 Å². The molecule has 0 atom stereocenters. The van der Waals surface area contributed by atoms with Crippen LogP contribution in [0.1, 0.15) is 16.3 Å². The Kier molecular flexibility index (Phi) is 5.23. The van der Waals surface area contributed by atoms with Gasteiger partial charge in [0.2, 0.25) is 6.79 Å². The average molecular weight is 460 g/mol. The number of nitrogens with zero attached hydrogens (tertiary/aromatic N) is 1. The van der Waals surface area contributed by atoms with Crippen molar-refractivity contribution in [2.75, 3.05) is 12.1 Å². The highest BCUT2D eigenvalue weighted by Gasteiger charge is 2.16. The third kappa shape index (κ3) is 4.28. The van der Waals surface area contributed by atoms with Crippen LogP contribution >= 0.6 is 11.3 Å². The Hall–Kier alpha value is -3.86. The molecule has 5 rings (SSSR count). The number of amides is 1. The molecule has 3 heterocycles. The summed E-state index contributed by atoms with van der Waals surface area (Å²) in [4.78, 5) is 16.8. The molecular weight excluding hydrogens is 446 g/mol. The van der Waals surface area contributed by atoms with E-state index >= 15 is 0 Å². The number of thiazole rings is 1. The van der Waals surface area contributed by atoms with Gasteiger partial charge in [0.05, 0.1) is 10.2 Å². The molecule has 0 fully saturated rings. The third-order valence-electron chi connectivity index (χ3n) is 4.42. The van der Waals surface area contributed by atoms with Gasteiger partial charge in [-0.2, -0.15) is 8.78 Å². The van der Waals surface area contributed by atoms with Crippen molar-refractivity contribution < 1.29 is 36.9 Å². The van der Waals surface area contributed by atoms with E-state index in [9.17, 15) is 13.6 Å². The SMILES string of the molecule is O=C(Nc1nc2ccc(OC(F)F)cc2s1)c1ccc(COc2ccc3c(c2)OCO3)o1. The van der Waals surface area contributed by atoms with E-state index in [2.05, 4.69) is 15.0 Å². The number of ether oxygens (including phenoxy) is 4. The van der Waals surface area contributed by atoms with Crippen molar-refractivity contribution >= 4 is 32.6 Å². The number of furan rings is 1. The molecule has 8 nitrogen and oxygen atoms in total. The molecule has 0 bridgehead atoms. The van der Waals surface area contributed by atoms with Gasteiger partial charge in [0, 0.05) is 6.07 Å². The van der Waals surface area contributed by atoms with Gasteiger partial charge in [-0.1, -0.05) is 11.3 Å². The van der Waals surface area contributed by atoms with Crippen molar-refractivity contribution in [2.24, 2.45) is 0 Å². The molecule has 1 amide bonds. The zero-order chi connectivity index (χ0) is 22.1. The van der Waals surface area contributed by atoms with Gasteiger partial charge in [-0.05, 0) is 42.5 Å². The number of aromatic nitrogens is 1. The number of nitrogens with one attached hydrogen (secondary N) is 1. The minimum Gasteiger partial charge on any atom is -0.486 e. The van der Waals surface area contributed by atoms with Crippen LogP contribution in [0.3, 0.4) is 0 Å². The fourth-order valence-electron chi connectivity index (χ4n) is 2.99. The van der Waals surface area contributed by atoms with Crippen LogP contribution in [0.2, 0.25) is 0 Å². The highest BCUT2D eigenvalue weighted by atomic mass is 32.1. The summed E-state index contributed by atoms with van der Waals surface area (Å²) in [5.74, 6) is 1.88. The molecule has 2 aromatic heterocycles. The van der Waals surface area contributed by atoms with Gasteiger partial charge in [-0.15, -0.1) is 0 Å². The van der Waals surface area contributed by atoms with Gasteiger partial charge in [-0.3, -0.25) is 10.1 Å². The molecule has 0 aliphatic carbocycles. The summed E-state index contributed by atoms with van der Waals surface area (Å²) in [5, 5.41) is 2.94. The van der Waals surface area contributed by atoms with E-state index < -0.39 is 12.5 Å². The standard InChI is InChI=1S/C21H14F2N2O6S/c22-20(23)31-12-1-4-14-18(8-12)32-21(24-14)25-19(26)16-6-3-13(30-16)9-27-11-2-5-15-17(7-11)29-10-28-15/h1-8,20H,9-10H2,(H,24,25,26). The smallest absolute Gasteiger partial charge is 0.387 e. The third-order valence-corrected chi connectivity index (χ3v) is 5.35. The number of carbonyl (C=O) groups is 1. The molecule has 11 heteroatoms. The number of benzene rings is 2. The minimum atomic E-state index is -2.92. The summed E-state index contributed by atoms with van der Waals surface area (Å²) < 4.78 is 51.5. The summed E-state index contributed by atoms with van der Waals surface area (Å²) in [6.45, 7) is -2.63. The first-order chi connectivity index (χ1) is 15.5. The van der Waals surface area contributed by atoms with Crippen molar-refractivity contribution in [1.82, 2.24) is 4.98 Å². The lowest BCUT2D eigenvalue weighted by Gasteiger charge is -2.05. The van der Waals surface area contributed by atoms with Crippen molar-refractivity contribution in [3.63, 3.8) is 0 Å². The van der Waals surface area contributed by atoms with Crippen molar-refractivity contribution in [1.29, 1.82) is 0 Å². The Morgan fingerprint density at radius 1 is 1.09 bits per heavy atom. The average Bonchev–Trinajstić information content (AvgIpc) is 3.50. The van der Waals surface area contributed by atoms with Crippen molar-refractivity contribution in [3.05, 3.63) is 60.1 Å². The molecule has 1 N–H and O–H groups in total. The summed E-state index contributed by atoms with van der Waals surface area (Å²) >= 11 is 1.13. The normalized spacial score (nSPS) is 12.3. The van der Waals surface area contributed by atoms with Crippen LogP contribution in [0, 0.1) is 0 Å². The van der Waals surface area contributed by atoms with Gasteiger partial charge < -0.3 is 23.4 Å². The molecule has 1 aliphatic heterocycles. The Bertz CT molecular complexity index is 1290. The molecule has 0 spiro atoms. The molecule has 1 aliphatic rings. The summed E-state index contributed by atoms with van der Waals surface area (Å²) in [6, 6.07) is 12.7. The highest BCUT2D eigenvalue weighted by molar-refractivity contribution is 7.22. The lowest BCUT2D eigenvalue weighted by Crippen LogP contribution is -2.10. The lowest BCUT2D eigenvalue weighted by molar-refractivity contribution is -0.0497. The van der Waals surface area contributed by atoms with E-state index in [1.807, 2.05) is 0 Å². The number of anilines is 1. The second-order valence-electron chi connectivity index (χ2n) is 6.55. The second kappa shape index (κ2) is 8.35. The fourth-order valence-corrected chi connectivity index (χ4v) is 3.88. The molecule has 0 radical (unpaired) electrons. The van der Waals surface area contributed by atoms with Crippen LogP contribution in [-0.4, -0.2) is 24.3 Å². The maximum absolute atomic E-state index is 12.5. The topological polar surface area (TPSA) is 92.1 Å². The lowest BCUT2D eigenvalue weighted by atomic mass is 10.3. The van der Waals surface area contributed by atoms with E-state index in [1.165, 1.54) is 24.3 Å². The molecule has 32 heavy (non-hydrogen) atoms. The number of halogens is 2. The summed E-state index contributed by atoms with van der Waals surface area (Å²) in [5.41, 5.74) is 0.546. The zero-order valence-electron chi connectivity index (χ0n) is 16.2. The Balaban J connectivity index is 1.22. The van der Waals surface area contributed by atoms with E-state index in [4.69, 9.17) is 18.6 Å². The monoisotopic (exact) mass is 460 g/mol. The zero-order valence-corrected chi connectivity index (χ0v) is 17.0. The quantitative estimate of drug-likeness (QED) is 0.413. The Morgan fingerprint density at radius 2 is 1.94 bits per heavy atom. The highest BCUT2D eigenvalue weighted by Crippen LogP contribution is 2.35. The van der Waals surface area contributed by atoms with Crippen LogP contribution in [0.15, 0.2) is 52.9 Å². The Labute approximate surface area is 183 Å². The predicted molar refractivity (Wildman–Crippen MR) is 110 cm³/mol. The fraction of sp³-hybridized carbons (Fsp3) is 0.143. The maximum Gasteiger partial charge on any atom is 0.387 e. The second-order valence-corrected chi connectivity index (χ2v) is 7.58. The van der Waals surface area contributed by atoms with Crippen molar-refractivity contribution in [2.45, 2.75) is 13.2 Å².